The fraction of sp³-hybridized carbons (Fsp3) is 0.286. The molecule has 1 heterocycles. The molecule has 3 rings (SSSR count). The minimum Gasteiger partial charge on any atom is -0.382 e. The summed E-state index contributed by atoms with van der Waals surface area (Å²) in [5, 5.41) is 13.6. The molecule has 31 heavy (non-hydrogen) atoms. The van der Waals surface area contributed by atoms with Gasteiger partial charge in [0, 0.05) is 35.4 Å². The number of hydrogen-bond donors (Lipinski definition) is 1. The van der Waals surface area contributed by atoms with Crippen molar-refractivity contribution in [3.8, 4) is 11.4 Å². The van der Waals surface area contributed by atoms with Crippen LogP contribution in [0.3, 0.4) is 0 Å². The molecule has 0 bridgehead atoms. The van der Waals surface area contributed by atoms with Gasteiger partial charge in [-0.05, 0) is 55.8 Å². The average molecular weight is 500 g/mol. The maximum Gasteiger partial charge on any atom is 0.234 e. The second kappa shape index (κ2) is 11.7. The van der Waals surface area contributed by atoms with Crippen LogP contribution in [0.2, 0.25) is 15.1 Å². The predicted octanol–water partition coefficient (Wildman–Crippen LogP) is 6.06. The lowest BCUT2D eigenvalue weighted by molar-refractivity contribution is -0.113. The number of thioether (sulfide) groups is 1. The number of ether oxygens (including phenoxy) is 1. The van der Waals surface area contributed by atoms with Gasteiger partial charge in [0.25, 0.3) is 0 Å². The summed E-state index contributed by atoms with van der Waals surface area (Å²) in [7, 11) is 0. The normalized spacial score (nSPS) is 11.0. The van der Waals surface area contributed by atoms with Crippen LogP contribution >= 0.6 is 46.6 Å². The third kappa shape index (κ3) is 6.85. The van der Waals surface area contributed by atoms with E-state index in [4.69, 9.17) is 39.5 Å². The van der Waals surface area contributed by atoms with Crippen LogP contribution in [0.15, 0.2) is 47.6 Å². The Morgan fingerprint density at radius 2 is 1.84 bits per heavy atom. The second-order valence-electron chi connectivity index (χ2n) is 6.48. The molecular formula is C21H21Cl3N4O2S. The standard InChI is InChI=1S/C21H21Cl3N4O2S/c1-2-30-11-3-10-28-20(14-4-6-15(22)7-5-14)26-27-21(28)31-13-19(29)25-18-12-16(23)8-9-17(18)24/h4-9,12H,2-3,10-11,13H2,1H3,(H,25,29). The molecule has 0 aliphatic heterocycles. The minimum absolute atomic E-state index is 0.146. The summed E-state index contributed by atoms with van der Waals surface area (Å²) in [6.45, 7) is 3.92. The zero-order chi connectivity index (χ0) is 22.2. The van der Waals surface area contributed by atoms with Crippen molar-refractivity contribution in [3.05, 3.63) is 57.5 Å². The first-order valence-electron chi connectivity index (χ1n) is 9.62. The van der Waals surface area contributed by atoms with Crippen molar-refractivity contribution in [3.63, 3.8) is 0 Å². The highest BCUT2D eigenvalue weighted by atomic mass is 35.5. The SMILES string of the molecule is CCOCCCn1c(SCC(=O)Nc2cc(Cl)ccc2Cl)nnc1-c1ccc(Cl)cc1. The van der Waals surface area contributed by atoms with E-state index < -0.39 is 0 Å². The average Bonchev–Trinajstić information content (AvgIpc) is 3.15. The van der Waals surface area contributed by atoms with E-state index in [1.54, 1.807) is 18.2 Å². The van der Waals surface area contributed by atoms with Gasteiger partial charge in [0.15, 0.2) is 11.0 Å². The number of carbonyl (C=O) groups excluding carboxylic acids is 1. The van der Waals surface area contributed by atoms with Crippen LogP contribution < -0.4 is 5.32 Å². The third-order valence-electron chi connectivity index (χ3n) is 4.23. The molecule has 0 aliphatic carbocycles. The van der Waals surface area contributed by atoms with Crippen LogP contribution in [0, 0.1) is 0 Å². The van der Waals surface area contributed by atoms with E-state index in [-0.39, 0.29) is 11.7 Å². The molecule has 1 amide bonds. The van der Waals surface area contributed by atoms with Crippen molar-refractivity contribution in [2.75, 3.05) is 24.3 Å². The van der Waals surface area contributed by atoms with E-state index in [2.05, 4.69) is 15.5 Å². The van der Waals surface area contributed by atoms with E-state index in [1.807, 2.05) is 35.8 Å². The molecule has 3 aromatic rings. The maximum absolute atomic E-state index is 12.4. The Kier molecular flexibility index (Phi) is 9.04. The number of benzene rings is 2. The van der Waals surface area contributed by atoms with E-state index in [0.29, 0.717) is 51.5 Å². The Morgan fingerprint density at radius 3 is 2.58 bits per heavy atom. The van der Waals surface area contributed by atoms with Crippen LogP contribution in [-0.4, -0.2) is 39.6 Å². The lowest BCUT2D eigenvalue weighted by atomic mass is 10.2. The van der Waals surface area contributed by atoms with E-state index in [1.165, 1.54) is 11.8 Å². The topological polar surface area (TPSA) is 69.0 Å². The largest absolute Gasteiger partial charge is 0.382 e. The molecule has 10 heteroatoms. The summed E-state index contributed by atoms with van der Waals surface area (Å²) >= 11 is 19.4. The highest BCUT2D eigenvalue weighted by Crippen LogP contribution is 2.28. The molecule has 0 radical (unpaired) electrons. The van der Waals surface area contributed by atoms with Crippen molar-refractivity contribution >= 4 is 58.2 Å². The van der Waals surface area contributed by atoms with Crippen LogP contribution in [0.1, 0.15) is 13.3 Å². The van der Waals surface area contributed by atoms with Crippen molar-refractivity contribution in [1.82, 2.24) is 14.8 Å². The van der Waals surface area contributed by atoms with Gasteiger partial charge in [-0.2, -0.15) is 0 Å². The van der Waals surface area contributed by atoms with Crippen molar-refractivity contribution in [2.24, 2.45) is 0 Å². The number of nitrogens with one attached hydrogen (secondary N) is 1. The number of amides is 1. The van der Waals surface area contributed by atoms with Crippen LogP contribution in [0.4, 0.5) is 5.69 Å². The zero-order valence-electron chi connectivity index (χ0n) is 16.8. The lowest BCUT2D eigenvalue weighted by Crippen LogP contribution is -2.15. The van der Waals surface area contributed by atoms with Crippen LogP contribution in [0.25, 0.3) is 11.4 Å². The van der Waals surface area contributed by atoms with Gasteiger partial charge in [0.05, 0.1) is 16.5 Å². The summed E-state index contributed by atoms with van der Waals surface area (Å²) in [4.78, 5) is 12.4. The van der Waals surface area contributed by atoms with Crippen LogP contribution in [-0.2, 0) is 16.1 Å². The predicted molar refractivity (Wildman–Crippen MR) is 127 cm³/mol. The maximum atomic E-state index is 12.4. The smallest absolute Gasteiger partial charge is 0.234 e. The van der Waals surface area contributed by atoms with E-state index >= 15 is 0 Å². The second-order valence-corrected chi connectivity index (χ2v) is 8.70. The molecule has 2 aromatic carbocycles. The minimum atomic E-state index is -0.217. The fourth-order valence-electron chi connectivity index (χ4n) is 2.79. The number of hydrogen-bond acceptors (Lipinski definition) is 5. The summed E-state index contributed by atoms with van der Waals surface area (Å²) in [6.07, 6.45) is 0.796. The van der Waals surface area contributed by atoms with Crippen molar-refractivity contribution < 1.29 is 9.53 Å². The monoisotopic (exact) mass is 498 g/mol. The van der Waals surface area contributed by atoms with E-state index in [9.17, 15) is 4.79 Å². The first-order valence-corrected chi connectivity index (χ1v) is 11.7. The third-order valence-corrected chi connectivity index (χ3v) is 6.01. The Balaban J connectivity index is 1.72. The Bertz CT molecular complexity index is 1030. The summed E-state index contributed by atoms with van der Waals surface area (Å²) in [5.74, 6) is 0.646. The van der Waals surface area contributed by atoms with Gasteiger partial charge in [0.1, 0.15) is 0 Å². The first-order chi connectivity index (χ1) is 15.0. The zero-order valence-corrected chi connectivity index (χ0v) is 19.9. The molecule has 164 valence electrons. The summed E-state index contributed by atoms with van der Waals surface area (Å²) in [5.41, 5.74) is 1.37. The Labute approximate surface area is 200 Å². The molecule has 1 aromatic heterocycles. The molecule has 0 fully saturated rings. The molecule has 0 aliphatic rings. The van der Waals surface area contributed by atoms with Gasteiger partial charge < -0.3 is 14.6 Å². The molecule has 1 N–H and O–H groups in total. The first kappa shape index (κ1) is 23.9. The summed E-state index contributed by atoms with van der Waals surface area (Å²) in [6, 6.07) is 12.3. The molecule has 0 unspecified atom stereocenters. The van der Waals surface area contributed by atoms with Crippen LogP contribution in [0.5, 0.6) is 0 Å². The van der Waals surface area contributed by atoms with Gasteiger partial charge in [-0.3, -0.25) is 4.79 Å². The molecule has 0 spiro atoms. The lowest BCUT2D eigenvalue weighted by Gasteiger charge is -2.11. The Hall–Kier alpha value is -1.77. The molecule has 0 saturated carbocycles. The molecule has 6 nitrogen and oxygen atoms in total. The quantitative estimate of drug-likeness (QED) is 0.271. The highest BCUT2D eigenvalue weighted by Gasteiger charge is 2.16. The number of aromatic nitrogens is 3. The van der Waals surface area contributed by atoms with E-state index in [0.717, 1.165) is 12.0 Å². The van der Waals surface area contributed by atoms with Gasteiger partial charge in [-0.1, -0.05) is 46.6 Å². The number of anilines is 1. The van der Waals surface area contributed by atoms with Gasteiger partial charge in [-0.15, -0.1) is 10.2 Å². The highest BCUT2D eigenvalue weighted by molar-refractivity contribution is 7.99. The van der Waals surface area contributed by atoms with Gasteiger partial charge in [-0.25, -0.2) is 0 Å². The van der Waals surface area contributed by atoms with Crippen molar-refractivity contribution in [2.45, 2.75) is 25.0 Å². The number of carbonyl (C=O) groups is 1. The van der Waals surface area contributed by atoms with Gasteiger partial charge >= 0.3 is 0 Å². The summed E-state index contributed by atoms with van der Waals surface area (Å²) < 4.78 is 7.45. The molecular weight excluding hydrogens is 479 g/mol. The number of nitrogens with zero attached hydrogens (tertiary/aromatic N) is 3. The van der Waals surface area contributed by atoms with Crippen molar-refractivity contribution in [1.29, 1.82) is 0 Å². The molecule has 0 saturated heterocycles. The Morgan fingerprint density at radius 1 is 1.10 bits per heavy atom. The number of rotatable bonds is 10. The number of halogens is 3. The fourth-order valence-corrected chi connectivity index (χ4v) is 4.02. The van der Waals surface area contributed by atoms with Gasteiger partial charge in [0.2, 0.25) is 5.91 Å². The molecule has 0 atom stereocenters.